The molecule has 1 aliphatic rings. The molecule has 1 fully saturated rings. The minimum atomic E-state index is -0.335. The van der Waals surface area contributed by atoms with Crippen LogP contribution in [0, 0.1) is 17.2 Å². The van der Waals surface area contributed by atoms with E-state index in [2.05, 4.69) is 11.4 Å². The average Bonchev–Trinajstić information content (AvgIpc) is 2.19. The van der Waals surface area contributed by atoms with Gasteiger partial charge in [0.25, 0.3) is 0 Å². The molecule has 0 spiro atoms. The fourth-order valence-corrected chi connectivity index (χ4v) is 1.67. The van der Waals surface area contributed by atoms with E-state index in [0.29, 0.717) is 13.0 Å². The lowest BCUT2D eigenvalue weighted by Crippen LogP contribution is -2.58. The van der Waals surface area contributed by atoms with E-state index >= 15 is 0 Å². The van der Waals surface area contributed by atoms with Crippen molar-refractivity contribution in [1.29, 1.82) is 5.26 Å². The van der Waals surface area contributed by atoms with Gasteiger partial charge >= 0.3 is 5.97 Å². The average molecular weight is 210 g/mol. The highest BCUT2D eigenvalue weighted by Gasteiger charge is 2.35. The highest BCUT2D eigenvalue weighted by atomic mass is 16.5. The number of nitrogens with zero attached hydrogens (tertiary/aromatic N) is 1. The summed E-state index contributed by atoms with van der Waals surface area (Å²) in [7, 11) is 0. The van der Waals surface area contributed by atoms with Crippen molar-refractivity contribution >= 4 is 5.97 Å². The first-order valence-corrected chi connectivity index (χ1v) is 5.32. The molecule has 0 bridgehead atoms. The third kappa shape index (κ3) is 3.21. The van der Waals surface area contributed by atoms with E-state index in [0.717, 1.165) is 6.42 Å². The van der Waals surface area contributed by atoms with Gasteiger partial charge in [-0.25, -0.2) is 0 Å². The summed E-state index contributed by atoms with van der Waals surface area (Å²) in [5, 5.41) is 12.1. The molecule has 1 heterocycles. The zero-order chi connectivity index (χ0) is 11.5. The van der Waals surface area contributed by atoms with Gasteiger partial charge in [0.2, 0.25) is 0 Å². The molecule has 0 aromatic rings. The normalized spacial score (nSPS) is 26.5. The maximum atomic E-state index is 11.5. The molecule has 4 nitrogen and oxygen atoms in total. The lowest BCUT2D eigenvalue weighted by Gasteiger charge is -2.36. The molecule has 84 valence electrons. The first kappa shape index (κ1) is 12.0. The molecule has 0 amide bonds. The van der Waals surface area contributed by atoms with Crippen molar-refractivity contribution in [3.05, 3.63) is 0 Å². The smallest absolute Gasteiger partial charge is 0.323 e. The van der Waals surface area contributed by atoms with Gasteiger partial charge in [0.1, 0.15) is 12.6 Å². The molecule has 1 rings (SSSR count). The molecular weight excluding hydrogens is 192 g/mol. The summed E-state index contributed by atoms with van der Waals surface area (Å²) in [5.41, 5.74) is -0.188. The maximum absolute atomic E-state index is 11.5. The quantitative estimate of drug-likeness (QED) is 0.711. The lowest BCUT2D eigenvalue weighted by atomic mass is 9.94. The Morgan fingerprint density at radius 3 is 2.93 bits per heavy atom. The summed E-state index contributed by atoms with van der Waals surface area (Å²) in [6, 6.07) is 1.86. The number of nitrogens with one attached hydrogen (secondary N) is 1. The van der Waals surface area contributed by atoms with Crippen LogP contribution in [0.3, 0.4) is 0 Å². The first-order chi connectivity index (χ1) is 6.98. The van der Waals surface area contributed by atoms with Gasteiger partial charge in [-0.3, -0.25) is 10.1 Å². The fourth-order valence-electron chi connectivity index (χ4n) is 1.67. The van der Waals surface area contributed by atoms with Crippen molar-refractivity contribution in [2.75, 3.05) is 6.61 Å². The van der Waals surface area contributed by atoms with Gasteiger partial charge in [0.05, 0.1) is 6.07 Å². The molecule has 2 unspecified atom stereocenters. The van der Waals surface area contributed by atoms with Crippen LogP contribution >= 0.6 is 0 Å². The van der Waals surface area contributed by atoms with Crippen LogP contribution in [-0.4, -0.2) is 24.2 Å². The van der Waals surface area contributed by atoms with Crippen LogP contribution in [0.5, 0.6) is 0 Å². The zero-order valence-electron chi connectivity index (χ0n) is 9.54. The highest BCUT2D eigenvalue weighted by Crippen LogP contribution is 2.18. The standard InChI is InChI=1S/C11H18N2O2/c1-4-8(6-12)5-9-10(14)15-7-11(2,3)13-9/h8-9,13H,4-5,7H2,1-3H3. The van der Waals surface area contributed by atoms with E-state index in [9.17, 15) is 4.79 Å². The second kappa shape index (κ2) is 4.63. The number of nitriles is 1. The fraction of sp³-hybridized carbons (Fsp3) is 0.818. The third-order valence-corrected chi connectivity index (χ3v) is 2.62. The van der Waals surface area contributed by atoms with Crippen LogP contribution in [-0.2, 0) is 9.53 Å². The van der Waals surface area contributed by atoms with Crippen molar-refractivity contribution in [3.8, 4) is 6.07 Å². The van der Waals surface area contributed by atoms with Crippen molar-refractivity contribution in [3.63, 3.8) is 0 Å². The van der Waals surface area contributed by atoms with E-state index in [1.807, 2.05) is 20.8 Å². The van der Waals surface area contributed by atoms with Crippen LogP contribution in [0.2, 0.25) is 0 Å². The zero-order valence-corrected chi connectivity index (χ0v) is 9.54. The van der Waals surface area contributed by atoms with Gasteiger partial charge < -0.3 is 4.74 Å². The Hall–Kier alpha value is -1.08. The predicted molar refractivity (Wildman–Crippen MR) is 56.0 cm³/mol. The van der Waals surface area contributed by atoms with E-state index < -0.39 is 0 Å². The Kier molecular flexibility index (Phi) is 3.70. The lowest BCUT2D eigenvalue weighted by molar-refractivity contribution is -0.155. The topological polar surface area (TPSA) is 62.1 Å². The number of hydrogen-bond donors (Lipinski definition) is 1. The largest absolute Gasteiger partial charge is 0.463 e. The second-order valence-corrected chi connectivity index (χ2v) is 4.66. The van der Waals surface area contributed by atoms with Crippen LogP contribution < -0.4 is 5.32 Å². The molecule has 0 radical (unpaired) electrons. The number of rotatable bonds is 3. The van der Waals surface area contributed by atoms with Crippen molar-refractivity contribution in [2.45, 2.75) is 45.2 Å². The van der Waals surface area contributed by atoms with E-state index in [1.165, 1.54) is 0 Å². The Labute approximate surface area is 90.6 Å². The van der Waals surface area contributed by atoms with Gasteiger partial charge in [0.15, 0.2) is 0 Å². The van der Waals surface area contributed by atoms with E-state index in [-0.39, 0.29) is 23.5 Å². The van der Waals surface area contributed by atoms with Gasteiger partial charge in [-0.1, -0.05) is 6.92 Å². The highest BCUT2D eigenvalue weighted by molar-refractivity contribution is 5.76. The molecular formula is C11H18N2O2. The monoisotopic (exact) mass is 210 g/mol. The van der Waals surface area contributed by atoms with Crippen molar-refractivity contribution in [2.24, 2.45) is 5.92 Å². The van der Waals surface area contributed by atoms with Crippen LogP contribution in [0.4, 0.5) is 0 Å². The van der Waals surface area contributed by atoms with Crippen molar-refractivity contribution < 1.29 is 9.53 Å². The Morgan fingerprint density at radius 1 is 1.73 bits per heavy atom. The van der Waals surface area contributed by atoms with Gasteiger partial charge in [-0.05, 0) is 26.7 Å². The summed E-state index contributed by atoms with van der Waals surface area (Å²) in [5.74, 6) is -0.313. The summed E-state index contributed by atoms with van der Waals surface area (Å²) in [6.45, 7) is 6.32. The number of morpholine rings is 1. The van der Waals surface area contributed by atoms with E-state index in [4.69, 9.17) is 10.00 Å². The number of cyclic esters (lactones) is 1. The minimum absolute atomic E-state index is 0.0797. The summed E-state index contributed by atoms with van der Waals surface area (Å²) in [6.07, 6.45) is 1.30. The van der Waals surface area contributed by atoms with Gasteiger partial charge in [0, 0.05) is 11.5 Å². The maximum Gasteiger partial charge on any atom is 0.323 e. The first-order valence-electron chi connectivity index (χ1n) is 5.32. The molecule has 4 heteroatoms. The second-order valence-electron chi connectivity index (χ2n) is 4.66. The molecule has 1 N–H and O–H groups in total. The van der Waals surface area contributed by atoms with Crippen LogP contribution in [0.15, 0.2) is 0 Å². The van der Waals surface area contributed by atoms with E-state index in [1.54, 1.807) is 0 Å². The number of carbonyl (C=O) groups is 1. The predicted octanol–water partition coefficient (Wildman–Crippen LogP) is 1.22. The molecule has 2 atom stereocenters. The molecule has 0 aromatic heterocycles. The molecule has 0 aromatic carbocycles. The Bertz CT molecular complexity index is 281. The number of esters is 1. The molecule has 0 saturated carbocycles. The Balaban J connectivity index is 2.60. The molecule has 0 aliphatic carbocycles. The summed E-state index contributed by atoms with van der Waals surface area (Å²) in [4.78, 5) is 11.5. The number of ether oxygens (including phenoxy) is 1. The third-order valence-electron chi connectivity index (χ3n) is 2.62. The Morgan fingerprint density at radius 2 is 2.40 bits per heavy atom. The van der Waals surface area contributed by atoms with Gasteiger partial charge in [-0.15, -0.1) is 0 Å². The van der Waals surface area contributed by atoms with Crippen molar-refractivity contribution in [1.82, 2.24) is 5.32 Å². The molecule has 15 heavy (non-hydrogen) atoms. The summed E-state index contributed by atoms with van der Waals surface area (Å²) < 4.78 is 5.08. The SMILES string of the molecule is CCC(C#N)CC1NC(C)(C)COC1=O. The summed E-state index contributed by atoms with van der Waals surface area (Å²) >= 11 is 0. The molecule has 1 aliphatic heterocycles. The minimum Gasteiger partial charge on any atom is -0.463 e. The number of hydrogen-bond acceptors (Lipinski definition) is 4. The van der Waals surface area contributed by atoms with Crippen LogP contribution in [0.1, 0.15) is 33.6 Å². The van der Waals surface area contributed by atoms with Gasteiger partial charge in [-0.2, -0.15) is 5.26 Å². The molecule has 1 saturated heterocycles. The number of carbonyl (C=O) groups excluding carboxylic acids is 1. The van der Waals surface area contributed by atoms with Crippen LogP contribution in [0.25, 0.3) is 0 Å².